The van der Waals surface area contributed by atoms with E-state index in [4.69, 9.17) is 9.47 Å². The Morgan fingerprint density at radius 1 is 1.14 bits per heavy atom. The number of nitrogens with one attached hydrogen (secondary N) is 1. The topological polar surface area (TPSA) is 60.0 Å². The molecule has 0 atom stereocenters. The first-order valence-corrected chi connectivity index (χ1v) is 9.34. The highest BCUT2D eigenvalue weighted by Gasteiger charge is 2.16. The van der Waals surface area contributed by atoms with Gasteiger partial charge in [-0.3, -0.25) is 9.69 Å². The number of hydrogen-bond acceptors (Lipinski definition) is 5. The molecule has 1 fully saturated rings. The molecule has 3 rings (SSSR count). The lowest BCUT2D eigenvalue weighted by Crippen LogP contribution is -2.36. The number of amides is 1. The quantitative estimate of drug-likeness (QED) is 0.730. The van der Waals surface area contributed by atoms with Gasteiger partial charge < -0.3 is 19.5 Å². The summed E-state index contributed by atoms with van der Waals surface area (Å²) in [7, 11) is 1.33. The van der Waals surface area contributed by atoms with Crippen LogP contribution >= 0.6 is 0 Å². The van der Waals surface area contributed by atoms with Gasteiger partial charge in [-0.25, -0.2) is 0 Å². The standard InChI is InChI=1S/C21H24F2N2O4/c1-27-19-12-15(6-7-18(19)29-21(22)23)20(26)24-13-16-4-2-3-5-17(16)14-25-8-10-28-11-9-25/h2-7,12,21H,8-11,13-14H2,1H3,(H,24,26). The molecule has 0 saturated carbocycles. The van der Waals surface area contributed by atoms with E-state index in [9.17, 15) is 13.6 Å². The summed E-state index contributed by atoms with van der Waals surface area (Å²) in [6.45, 7) is 1.41. The molecule has 2 aromatic carbocycles. The second kappa shape index (κ2) is 10.2. The zero-order valence-corrected chi connectivity index (χ0v) is 16.2. The van der Waals surface area contributed by atoms with Crippen molar-refractivity contribution in [2.75, 3.05) is 33.4 Å². The third-order valence-electron chi connectivity index (χ3n) is 4.70. The van der Waals surface area contributed by atoms with Crippen LogP contribution in [0.5, 0.6) is 11.5 Å². The highest BCUT2D eigenvalue weighted by molar-refractivity contribution is 5.94. The zero-order valence-electron chi connectivity index (χ0n) is 16.2. The molecule has 156 valence electrons. The zero-order chi connectivity index (χ0) is 20.6. The molecule has 1 heterocycles. The number of methoxy groups -OCH3 is 1. The summed E-state index contributed by atoms with van der Waals surface area (Å²) in [5, 5.41) is 2.88. The fourth-order valence-corrected chi connectivity index (χ4v) is 3.16. The van der Waals surface area contributed by atoms with Crippen molar-refractivity contribution >= 4 is 5.91 Å². The minimum Gasteiger partial charge on any atom is -0.493 e. The summed E-state index contributed by atoms with van der Waals surface area (Å²) >= 11 is 0. The van der Waals surface area contributed by atoms with Gasteiger partial charge >= 0.3 is 6.61 Å². The van der Waals surface area contributed by atoms with Crippen molar-refractivity contribution in [3.8, 4) is 11.5 Å². The molecule has 1 aliphatic heterocycles. The number of alkyl halides is 2. The van der Waals surface area contributed by atoms with Crippen molar-refractivity contribution in [3.63, 3.8) is 0 Å². The molecular formula is C21H24F2N2O4. The van der Waals surface area contributed by atoms with E-state index in [1.165, 1.54) is 25.3 Å². The van der Waals surface area contributed by atoms with Crippen LogP contribution in [-0.4, -0.2) is 50.8 Å². The van der Waals surface area contributed by atoms with Crippen molar-refractivity contribution in [2.45, 2.75) is 19.7 Å². The first kappa shape index (κ1) is 21.0. The van der Waals surface area contributed by atoms with E-state index in [-0.39, 0.29) is 17.4 Å². The Kier molecular flexibility index (Phi) is 7.37. The summed E-state index contributed by atoms with van der Waals surface area (Å²) in [5.74, 6) is -0.367. The highest BCUT2D eigenvalue weighted by Crippen LogP contribution is 2.29. The van der Waals surface area contributed by atoms with Gasteiger partial charge in [-0.05, 0) is 29.3 Å². The van der Waals surface area contributed by atoms with Crippen LogP contribution in [-0.2, 0) is 17.8 Å². The Labute approximate surface area is 168 Å². The van der Waals surface area contributed by atoms with Crippen molar-refractivity contribution in [2.24, 2.45) is 0 Å². The van der Waals surface area contributed by atoms with Gasteiger partial charge in [-0.15, -0.1) is 0 Å². The number of morpholine rings is 1. The molecule has 0 unspecified atom stereocenters. The predicted molar refractivity (Wildman–Crippen MR) is 103 cm³/mol. The van der Waals surface area contributed by atoms with Gasteiger partial charge in [0.2, 0.25) is 0 Å². The van der Waals surface area contributed by atoms with Crippen LogP contribution < -0.4 is 14.8 Å². The number of carbonyl (C=O) groups excluding carboxylic acids is 1. The second-order valence-corrected chi connectivity index (χ2v) is 6.58. The lowest BCUT2D eigenvalue weighted by atomic mass is 10.1. The summed E-state index contributed by atoms with van der Waals surface area (Å²) in [6.07, 6.45) is 0. The average molecular weight is 406 g/mol. The van der Waals surface area contributed by atoms with Gasteiger partial charge in [0.15, 0.2) is 11.5 Å². The van der Waals surface area contributed by atoms with E-state index in [2.05, 4.69) is 21.0 Å². The smallest absolute Gasteiger partial charge is 0.387 e. The maximum atomic E-state index is 12.5. The Bertz CT molecular complexity index is 826. The van der Waals surface area contributed by atoms with E-state index in [1.54, 1.807) is 0 Å². The maximum Gasteiger partial charge on any atom is 0.387 e. The van der Waals surface area contributed by atoms with Crippen LogP contribution in [0.1, 0.15) is 21.5 Å². The molecule has 6 nitrogen and oxygen atoms in total. The summed E-state index contributed by atoms with van der Waals surface area (Å²) in [4.78, 5) is 14.9. The molecule has 2 aromatic rings. The summed E-state index contributed by atoms with van der Waals surface area (Å²) < 4.78 is 39.7. The number of benzene rings is 2. The van der Waals surface area contributed by atoms with E-state index in [0.717, 1.165) is 44.0 Å². The molecule has 0 bridgehead atoms. The van der Waals surface area contributed by atoms with Gasteiger partial charge in [0.25, 0.3) is 5.91 Å². The third kappa shape index (κ3) is 5.88. The van der Waals surface area contributed by atoms with Crippen LogP contribution in [0.4, 0.5) is 8.78 Å². The van der Waals surface area contributed by atoms with Gasteiger partial charge in [0.05, 0.1) is 20.3 Å². The fraction of sp³-hybridized carbons (Fsp3) is 0.381. The number of carbonyl (C=O) groups is 1. The fourth-order valence-electron chi connectivity index (χ4n) is 3.16. The van der Waals surface area contributed by atoms with Crippen molar-refractivity contribution in [1.82, 2.24) is 10.2 Å². The Morgan fingerprint density at radius 2 is 1.86 bits per heavy atom. The maximum absolute atomic E-state index is 12.5. The van der Waals surface area contributed by atoms with Crippen LogP contribution in [0.25, 0.3) is 0 Å². The van der Waals surface area contributed by atoms with Gasteiger partial charge in [-0.1, -0.05) is 24.3 Å². The molecular weight excluding hydrogens is 382 g/mol. The lowest BCUT2D eigenvalue weighted by molar-refractivity contribution is -0.0512. The largest absolute Gasteiger partial charge is 0.493 e. The highest BCUT2D eigenvalue weighted by atomic mass is 19.3. The molecule has 0 radical (unpaired) electrons. The Hall–Kier alpha value is -2.71. The summed E-state index contributed by atoms with van der Waals surface area (Å²) in [5.41, 5.74) is 2.47. The minimum absolute atomic E-state index is 0.0747. The number of hydrogen-bond donors (Lipinski definition) is 1. The molecule has 0 aliphatic carbocycles. The monoisotopic (exact) mass is 406 g/mol. The first-order valence-electron chi connectivity index (χ1n) is 9.34. The molecule has 29 heavy (non-hydrogen) atoms. The molecule has 1 N–H and O–H groups in total. The van der Waals surface area contributed by atoms with Crippen molar-refractivity contribution in [3.05, 3.63) is 59.2 Å². The average Bonchev–Trinajstić information content (AvgIpc) is 2.73. The first-order chi connectivity index (χ1) is 14.1. The third-order valence-corrected chi connectivity index (χ3v) is 4.70. The molecule has 0 spiro atoms. The van der Waals surface area contributed by atoms with E-state index in [1.807, 2.05) is 18.2 Å². The minimum atomic E-state index is -2.97. The number of ether oxygens (including phenoxy) is 3. The molecule has 8 heteroatoms. The van der Waals surface area contributed by atoms with E-state index < -0.39 is 6.61 Å². The SMILES string of the molecule is COc1cc(C(=O)NCc2ccccc2CN2CCOCC2)ccc1OC(F)F. The molecule has 0 aromatic heterocycles. The van der Waals surface area contributed by atoms with Crippen LogP contribution in [0.15, 0.2) is 42.5 Å². The second-order valence-electron chi connectivity index (χ2n) is 6.58. The molecule has 1 amide bonds. The normalized spacial score (nSPS) is 14.6. The van der Waals surface area contributed by atoms with Gasteiger partial charge in [0, 0.05) is 31.7 Å². The summed E-state index contributed by atoms with van der Waals surface area (Å²) in [6, 6.07) is 12.1. The van der Waals surface area contributed by atoms with E-state index >= 15 is 0 Å². The van der Waals surface area contributed by atoms with Crippen molar-refractivity contribution in [1.29, 1.82) is 0 Å². The van der Waals surface area contributed by atoms with Crippen LogP contribution in [0.3, 0.4) is 0 Å². The van der Waals surface area contributed by atoms with Crippen LogP contribution in [0.2, 0.25) is 0 Å². The lowest BCUT2D eigenvalue weighted by Gasteiger charge is -2.27. The number of rotatable bonds is 8. The number of halogens is 2. The predicted octanol–water partition coefficient (Wildman–Crippen LogP) is 3.06. The van der Waals surface area contributed by atoms with E-state index in [0.29, 0.717) is 12.1 Å². The van der Waals surface area contributed by atoms with Crippen molar-refractivity contribution < 1.29 is 27.8 Å². The van der Waals surface area contributed by atoms with Gasteiger partial charge in [-0.2, -0.15) is 8.78 Å². The van der Waals surface area contributed by atoms with Crippen LogP contribution in [0, 0.1) is 0 Å². The molecule has 1 saturated heterocycles. The molecule has 1 aliphatic rings. The van der Waals surface area contributed by atoms with Gasteiger partial charge in [0.1, 0.15) is 0 Å². The Morgan fingerprint density at radius 3 is 2.55 bits per heavy atom. The Balaban J connectivity index is 1.65. The number of nitrogens with zero attached hydrogens (tertiary/aromatic N) is 1.